The molecule has 2 rings (SSSR count). The van der Waals surface area contributed by atoms with Crippen molar-refractivity contribution in [1.29, 1.82) is 0 Å². The van der Waals surface area contributed by atoms with E-state index < -0.39 is 0 Å². The Kier molecular flexibility index (Phi) is 3.01. The Hall–Kier alpha value is -2.01. The summed E-state index contributed by atoms with van der Waals surface area (Å²) in [4.78, 5) is 2.00. The number of H-pyrrole nitrogens is 1. The third kappa shape index (κ3) is 2.57. The normalized spacial score (nSPS) is 11.0. The zero-order chi connectivity index (χ0) is 12.4. The summed E-state index contributed by atoms with van der Waals surface area (Å²) < 4.78 is 0. The minimum atomic E-state index is 0.301. The van der Waals surface area contributed by atoms with Gasteiger partial charge in [-0.2, -0.15) is 5.10 Å². The molecule has 0 fully saturated rings. The number of benzene rings is 1. The first kappa shape index (κ1) is 11.5. The van der Waals surface area contributed by atoms with E-state index in [-0.39, 0.29) is 0 Å². The van der Waals surface area contributed by atoms with Crippen molar-refractivity contribution in [2.75, 3.05) is 19.8 Å². The van der Waals surface area contributed by atoms with Crippen LogP contribution in [0.1, 0.15) is 5.56 Å². The van der Waals surface area contributed by atoms with Crippen LogP contribution in [0.15, 0.2) is 24.3 Å². The number of aromatic nitrogens is 2. The lowest BCUT2D eigenvalue weighted by Gasteiger charge is -2.12. The standard InChI is InChI=1S/C12H16N4O/c1-16(2)7-9-5-8(3-4-11(9)17)10-6-12(13)15-14-10/h3-6,17H,7H2,1-2H3,(H3,13,14,15). The van der Waals surface area contributed by atoms with Gasteiger partial charge in [-0.1, -0.05) is 0 Å². The lowest BCUT2D eigenvalue weighted by atomic mass is 10.1. The topological polar surface area (TPSA) is 78.2 Å². The maximum Gasteiger partial charge on any atom is 0.145 e. The number of aromatic amines is 1. The van der Waals surface area contributed by atoms with Gasteiger partial charge in [-0.3, -0.25) is 5.10 Å². The van der Waals surface area contributed by atoms with Crippen molar-refractivity contribution >= 4 is 5.82 Å². The number of nitrogens with two attached hydrogens (primary N) is 1. The summed E-state index contributed by atoms with van der Waals surface area (Å²) in [6.45, 7) is 0.684. The Morgan fingerprint density at radius 2 is 2.12 bits per heavy atom. The average Bonchev–Trinajstić information content (AvgIpc) is 2.67. The molecule has 0 atom stereocenters. The fourth-order valence-corrected chi connectivity index (χ4v) is 1.71. The molecule has 1 aromatic carbocycles. The lowest BCUT2D eigenvalue weighted by molar-refractivity contribution is 0.386. The van der Waals surface area contributed by atoms with Crippen LogP contribution in [0.25, 0.3) is 11.3 Å². The molecule has 1 aromatic heterocycles. The number of nitrogen functional groups attached to an aromatic ring is 1. The minimum Gasteiger partial charge on any atom is -0.508 e. The largest absolute Gasteiger partial charge is 0.508 e. The fraction of sp³-hybridized carbons (Fsp3) is 0.250. The first-order chi connectivity index (χ1) is 8.06. The average molecular weight is 232 g/mol. The predicted molar refractivity (Wildman–Crippen MR) is 67.5 cm³/mol. The Balaban J connectivity index is 2.36. The molecule has 0 aliphatic carbocycles. The van der Waals surface area contributed by atoms with Crippen molar-refractivity contribution in [2.24, 2.45) is 0 Å². The Bertz CT molecular complexity index is 519. The van der Waals surface area contributed by atoms with Gasteiger partial charge in [0.2, 0.25) is 0 Å². The Morgan fingerprint density at radius 3 is 2.71 bits per heavy atom. The van der Waals surface area contributed by atoms with Gasteiger partial charge >= 0.3 is 0 Å². The molecule has 2 aromatic rings. The van der Waals surface area contributed by atoms with Crippen molar-refractivity contribution in [1.82, 2.24) is 15.1 Å². The van der Waals surface area contributed by atoms with Gasteiger partial charge in [-0.05, 0) is 32.3 Å². The quantitative estimate of drug-likeness (QED) is 0.748. The summed E-state index contributed by atoms with van der Waals surface area (Å²) in [5.41, 5.74) is 8.25. The lowest BCUT2D eigenvalue weighted by Crippen LogP contribution is -2.10. The number of phenolic OH excluding ortho intramolecular Hbond substituents is 1. The molecule has 5 heteroatoms. The molecule has 17 heavy (non-hydrogen) atoms. The van der Waals surface area contributed by atoms with Crippen LogP contribution in [-0.4, -0.2) is 34.3 Å². The van der Waals surface area contributed by atoms with E-state index in [0.717, 1.165) is 16.8 Å². The molecule has 0 radical (unpaired) electrons. The number of nitrogens with one attached hydrogen (secondary N) is 1. The number of nitrogens with zero attached hydrogens (tertiary/aromatic N) is 2. The van der Waals surface area contributed by atoms with Crippen LogP contribution in [0, 0.1) is 0 Å². The highest BCUT2D eigenvalue weighted by molar-refractivity contribution is 5.64. The molecule has 0 bridgehead atoms. The van der Waals surface area contributed by atoms with Gasteiger partial charge in [0, 0.05) is 23.7 Å². The van der Waals surface area contributed by atoms with E-state index in [9.17, 15) is 5.11 Å². The Labute approximate surface area is 99.9 Å². The number of hydrogen-bond donors (Lipinski definition) is 3. The highest BCUT2D eigenvalue weighted by Gasteiger charge is 2.07. The summed E-state index contributed by atoms with van der Waals surface area (Å²) in [6, 6.07) is 7.22. The highest BCUT2D eigenvalue weighted by atomic mass is 16.3. The van der Waals surface area contributed by atoms with Gasteiger partial charge in [-0.15, -0.1) is 0 Å². The SMILES string of the molecule is CN(C)Cc1cc(-c2cc(N)n[nH]2)ccc1O. The van der Waals surface area contributed by atoms with Crippen LogP contribution >= 0.6 is 0 Å². The zero-order valence-corrected chi connectivity index (χ0v) is 9.94. The van der Waals surface area contributed by atoms with Crippen molar-refractivity contribution in [2.45, 2.75) is 6.54 Å². The smallest absolute Gasteiger partial charge is 0.145 e. The summed E-state index contributed by atoms with van der Waals surface area (Å²) in [7, 11) is 3.92. The van der Waals surface area contributed by atoms with E-state index in [4.69, 9.17) is 5.73 Å². The van der Waals surface area contributed by atoms with Crippen LogP contribution in [0.4, 0.5) is 5.82 Å². The summed E-state index contributed by atoms with van der Waals surface area (Å²) in [5, 5.41) is 16.5. The molecular weight excluding hydrogens is 216 g/mol. The van der Waals surface area contributed by atoms with Crippen molar-refractivity contribution in [3.8, 4) is 17.0 Å². The zero-order valence-electron chi connectivity index (χ0n) is 9.94. The van der Waals surface area contributed by atoms with E-state index in [1.165, 1.54) is 0 Å². The number of aromatic hydroxyl groups is 1. The van der Waals surface area contributed by atoms with Gasteiger partial charge < -0.3 is 15.7 Å². The van der Waals surface area contributed by atoms with Crippen LogP contribution in [0.5, 0.6) is 5.75 Å². The van der Waals surface area contributed by atoms with Gasteiger partial charge in [-0.25, -0.2) is 0 Å². The molecule has 4 N–H and O–H groups in total. The second-order valence-electron chi connectivity index (χ2n) is 4.29. The van der Waals surface area contributed by atoms with Crippen LogP contribution in [-0.2, 0) is 6.54 Å². The van der Waals surface area contributed by atoms with Crippen molar-refractivity contribution in [3.63, 3.8) is 0 Å². The molecule has 0 saturated heterocycles. The molecule has 0 aliphatic rings. The summed E-state index contributed by atoms with van der Waals surface area (Å²) in [6.07, 6.45) is 0. The summed E-state index contributed by atoms with van der Waals surface area (Å²) in [5.74, 6) is 0.761. The first-order valence-electron chi connectivity index (χ1n) is 5.34. The second kappa shape index (κ2) is 4.47. The predicted octanol–water partition coefficient (Wildman–Crippen LogP) is 1.43. The van der Waals surface area contributed by atoms with E-state index >= 15 is 0 Å². The first-order valence-corrected chi connectivity index (χ1v) is 5.34. The van der Waals surface area contributed by atoms with Crippen LogP contribution in [0.3, 0.4) is 0 Å². The van der Waals surface area contributed by atoms with Crippen LogP contribution < -0.4 is 5.73 Å². The molecule has 90 valence electrons. The van der Waals surface area contributed by atoms with E-state index in [1.807, 2.05) is 31.1 Å². The Morgan fingerprint density at radius 1 is 1.35 bits per heavy atom. The van der Waals surface area contributed by atoms with E-state index in [1.54, 1.807) is 12.1 Å². The summed E-state index contributed by atoms with van der Waals surface area (Å²) >= 11 is 0. The van der Waals surface area contributed by atoms with E-state index in [0.29, 0.717) is 18.1 Å². The number of rotatable bonds is 3. The van der Waals surface area contributed by atoms with Gasteiger partial charge in [0.1, 0.15) is 11.6 Å². The molecule has 0 spiro atoms. The third-order valence-corrected chi connectivity index (χ3v) is 2.47. The van der Waals surface area contributed by atoms with Crippen LogP contribution in [0.2, 0.25) is 0 Å². The van der Waals surface area contributed by atoms with Crippen molar-refractivity contribution in [3.05, 3.63) is 29.8 Å². The second-order valence-corrected chi connectivity index (χ2v) is 4.29. The number of anilines is 1. The fourth-order valence-electron chi connectivity index (χ4n) is 1.71. The monoisotopic (exact) mass is 232 g/mol. The van der Waals surface area contributed by atoms with Gasteiger partial charge in [0.25, 0.3) is 0 Å². The van der Waals surface area contributed by atoms with Gasteiger partial charge in [0.05, 0.1) is 5.69 Å². The third-order valence-electron chi connectivity index (χ3n) is 2.47. The maximum absolute atomic E-state index is 9.76. The molecule has 0 unspecified atom stereocenters. The van der Waals surface area contributed by atoms with Gasteiger partial charge in [0.15, 0.2) is 0 Å². The molecular formula is C12H16N4O. The minimum absolute atomic E-state index is 0.301. The number of hydrogen-bond acceptors (Lipinski definition) is 4. The molecule has 0 aliphatic heterocycles. The van der Waals surface area contributed by atoms with Crippen molar-refractivity contribution < 1.29 is 5.11 Å². The molecule has 1 heterocycles. The number of phenols is 1. The maximum atomic E-state index is 9.76. The molecule has 5 nitrogen and oxygen atoms in total. The van der Waals surface area contributed by atoms with E-state index in [2.05, 4.69) is 10.2 Å². The highest BCUT2D eigenvalue weighted by Crippen LogP contribution is 2.26. The molecule has 0 amide bonds. The molecule has 0 saturated carbocycles.